The first-order valence-corrected chi connectivity index (χ1v) is 4.48. The highest BCUT2D eigenvalue weighted by Gasteiger charge is 2.35. The summed E-state index contributed by atoms with van der Waals surface area (Å²) < 4.78 is 0. The molecule has 1 saturated carbocycles. The number of benzene rings is 1. The summed E-state index contributed by atoms with van der Waals surface area (Å²) in [5.74, 6) is 0.793. The Morgan fingerprint density at radius 3 is 2.30 bits per heavy atom. The first-order valence-electron chi connectivity index (χ1n) is 3.57. The van der Waals surface area contributed by atoms with Crippen LogP contribution in [0, 0.1) is 0 Å². The van der Waals surface area contributed by atoms with Gasteiger partial charge < -0.3 is 0 Å². The molecule has 2 rings (SSSR count). The van der Waals surface area contributed by atoms with Crippen LogP contribution < -0.4 is 0 Å². The van der Waals surface area contributed by atoms with Gasteiger partial charge in [0.2, 0.25) is 0 Å². The van der Waals surface area contributed by atoms with Crippen molar-refractivity contribution in [3.05, 3.63) is 35.9 Å². The molecule has 1 aromatic rings. The molecule has 0 amide bonds. The SMILES string of the molecule is Br[C@@H]1C[C@H]1c1ccccc1. The minimum absolute atomic E-state index is 0.745. The predicted molar refractivity (Wildman–Crippen MR) is 46.5 cm³/mol. The van der Waals surface area contributed by atoms with E-state index in [9.17, 15) is 0 Å². The van der Waals surface area contributed by atoms with Crippen LogP contribution in [0.15, 0.2) is 30.3 Å². The van der Waals surface area contributed by atoms with Gasteiger partial charge in [0.05, 0.1) is 0 Å². The molecule has 1 fully saturated rings. The first-order chi connectivity index (χ1) is 4.88. The maximum Gasteiger partial charge on any atom is 0.0221 e. The zero-order chi connectivity index (χ0) is 6.97. The number of rotatable bonds is 1. The van der Waals surface area contributed by atoms with Crippen molar-refractivity contribution < 1.29 is 0 Å². The van der Waals surface area contributed by atoms with Gasteiger partial charge >= 0.3 is 0 Å². The third kappa shape index (κ3) is 1.10. The van der Waals surface area contributed by atoms with Gasteiger partial charge in [-0.2, -0.15) is 0 Å². The van der Waals surface area contributed by atoms with Crippen molar-refractivity contribution in [1.29, 1.82) is 0 Å². The van der Waals surface area contributed by atoms with Crippen molar-refractivity contribution in [2.24, 2.45) is 0 Å². The van der Waals surface area contributed by atoms with Gasteiger partial charge in [0, 0.05) is 4.83 Å². The molecule has 1 aliphatic carbocycles. The second kappa shape index (κ2) is 2.39. The molecule has 0 aliphatic heterocycles. The van der Waals surface area contributed by atoms with Gasteiger partial charge in [0.1, 0.15) is 0 Å². The van der Waals surface area contributed by atoms with E-state index in [2.05, 4.69) is 46.3 Å². The lowest BCUT2D eigenvalue weighted by molar-refractivity contribution is 1.14. The standard InChI is InChI=1S/C9H9Br/c10-9-6-8(9)7-4-2-1-3-5-7/h1-5,8-9H,6H2/t8-,9+/m0/s1. The Bertz CT molecular complexity index is 217. The van der Waals surface area contributed by atoms with E-state index in [0.717, 1.165) is 10.7 Å². The number of hydrogen-bond donors (Lipinski definition) is 0. The van der Waals surface area contributed by atoms with Crippen molar-refractivity contribution in [2.75, 3.05) is 0 Å². The Morgan fingerprint density at radius 1 is 1.20 bits per heavy atom. The minimum Gasteiger partial charge on any atom is -0.0884 e. The smallest absolute Gasteiger partial charge is 0.0221 e. The molecule has 0 bridgehead atoms. The van der Waals surface area contributed by atoms with E-state index in [1.807, 2.05) is 0 Å². The molecular formula is C9H9Br. The molecule has 52 valence electrons. The highest BCUT2D eigenvalue weighted by molar-refractivity contribution is 9.09. The van der Waals surface area contributed by atoms with E-state index in [4.69, 9.17) is 0 Å². The average molecular weight is 197 g/mol. The molecule has 1 aliphatic rings. The summed E-state index contributed by atoms with van der Waals surface area (Å²) in [5, 5.41) is 0. The Kier molecular flexibility index (Phi) is 1.53. The molecule has 0 unspecified atom stereocenters. The van der Waals surface area contributed by atoms with Gasteiger partial charge in [-0.15, -0.1) is 0 Å². The molecule has 2 atom stereocenters. The molecule has 0 N–H and O–H groups in total. The Balaban J connectivity index is 2.20. The zero-order valence-electron chi connectivity index (χ0n) is 5.63. The fourth-order valence-electron chi connectivity index (χ4n) is 1.21. The summed E-state index contributed by atoms with van der Waals surface area (Å²) in [5.41, 5.74) is 1.48. The summed E-state index contributed by atoms with van der Waals surface area (Å²) in [6.45, 7) is 0. The van der Waals surface area contributed by atoms with Crippen molar-refractivity contribution in [1.82, 2.24) is 0 Å². The molecular weight excluding hydrogens is 188 g/mol. The highest BCUT2D eigenvalue weighted by atomic mass is 79.9. The molecule has 1 aromatic carbocycles. The van der Waals surface area contributed by atoms with Crippen LogP contribution in [0.2, 0.25) is 0 Å². The monoisotopic (exact) mass is 196 g/mol. The molecule has 0 aromatic heterocycles. The molecule has 1 heteroatoms. The third-order valence-electron chi connectivity index (χ3n) is 1.94. The van der Waals surface area contributed by atoms with Crippen molar-refractivity contribution >= 4 is 15.9 Å². The van der Waals surface area contributed by atoms with Crippen LogP contribution in [-0.2, 0) is 0 Å². The number of alkyl halides is 1. The second-order valence-electron chi connectivity index (χ2n) is 2.77. The van der Waals surface area contributed by atoms with Crippen LogP contribution in [0.3, 0.4) is 0 Å². The average Bonchev–Trinajstić information content (AvgIpc) is 2.69. The second-order valence-corrected chi connectivity index (χ2v) is 3.95. The zero-order valence-corrected chi connectivity index (χ0v) is 7.21. The number of hydrogen-bond acceptors (Lipinski definition) is 0. The van der Waals surface area contributed by atoms with Crippen molar-refractivity contribution in [2.45, 2.75) is 17.2 Å². The van der Waals surface area contributed by atoms with Gasteiger partial charge in [0.15, 0.2) is 0 Å². The molecule has 10 heavy (non-hydrogen) atoms. The molecule has 0 saturated heterocycles. The van der Waals surface area contributed by atoms with E-state index in [1.165, 1.54) is 12.0 Å². The largest absolute Gasteiger partial charge is 0.0884 e. The van der Waals surface area contributed by atoms with E-state index < -0.39 is 0 Å². The Hall–Kier alpha value is -0.300. The van der Waals surface area contributed by atoms with Gasteiger partial charge in [-0.25, -0.2) is 0 Å². The lowest BCUT2D eigenvalue weighted by Gasteiger charge is -1.93. The lowest BCUT2D eigenvalue weighted by Crippen LogP contribution is -1.78. The summed E-state index contributed by atoms with van der Waals surface area (Å²) in [6, 6.07) is 10.7. The first kappa shape index (κ1) is 6.41. The third-order valence-corrected chi connectivity index (χ3v) is 2.95. The maximum absolute atomic E-state index is 3.59. The van der Waals surface area contributed by atoms with Crippen LogP contribution in [-0.4, -0.2) is 4.83 Å². The van der Waals surface area contributed by atoms with E-state index in [1.54, 1.807) is 0 Å². The van der Waals surface area contributed by atoms with Crippen LogP contribution in [0.25, 0.3) is 0 Å². The van der Waals surface area contributed by atoms with Crippen LogP contribution in [0.1, 0.15) is 17.9 Å². The predicted octanol–water partition coefficient (Wildman–Crippen LogP) is 2.94. The maximum atomic E-state index is 3.59. The van der Waals surface area contributed by atoms with Gasteiger partial charge in [0.25, 0.3) is 0 Å². The molecule has 0 heterocycles. The van der Waals surface area contributed by atoms with Crippen LogP contribution in [0.4, 0.5) is 0 Å². The Morgan fingerprint density at radius 2 is 1.80 bits per heavy atom. The van der Waals surface area contributed by atoms with Crippen LogP contribution in [0.5, 0.6) is 0 Å². The van der Waals surface area contributed by atoms with Gasteiger partial charge in [-0.1, -0.05) is 46.3 Å². The van der Waals surface area contributed by atoms with Crippen molar-refractivity contribution in [3.63, 3.8) is 0 Å². The lowest BCUT2D eigenvalue weighted by atomic mass is 10.1. The van der Waals surface area contributed by atoms with E-state index in [0.29, 0.717) is 0 Å². The quantitative estimate of drug-likeness (QED) is 0.607. The van der Waals surface area contributed by atoms with Crippen molar-refractivity contribution in [3.8, 4) is 0 Å². The number of halogens is 1. The van der Waals surface area contributed by atoms with E-state index in [-0.39, 0.29) is 0 Å². The molecule has 0 nitrogen and oxygen atoms in total. The molecule has 0 radical (unpaired) electrons. The molecule has 0 spiro atoms. The van der Waals surface area contributed by atoms with Gasteiger partial charge in [-0.05, 0) is 17.9 Å². The minimum atomic E-state index is 0.745. The Labute approximate surface area is 69.4 Å². The summed E-state index contributed by atoms with van der Waals surface area (Å²) >= 11 is 3.59. The fraction of sp³-hybridized carbons (Fsp3) is 0.333. The summed E-state index contributed by atoms with van der Waals surface area (Å²) in [6.07, 6.45) is 1.31. The van der Waals surface area contributed by atoms with Gasteiger partial charge in [-0.3, -0.25) is 0 Å². The van der Waals surface area contributed by atoms with E-state index >= 15 is 0 Å². The summed E-state index contributed by atoms with van der Waals surface area (Å²) in [4.78, 5) is 0.745. The topological polar surface area (TPSA) is 0 Å². The fourth-order valence-corrected chi connectivity index (χ4v) is 1.92. The van der Waals surface area contributed by atoms with Crippen LogP contribution >= 0.6 is 15.9 Å². The highest BCUT2D eigenvalue weighted by Crippen LogP contribution is 2.46. The summed E-state index contributed by atoms with van der Waals surface area (Å²) in [7, 11) is 0. The normalized spacial score (nSPS) is 30.1.